The molecule has 0 aliphatic rings. The van der Waals surface area contributed by atoms with Gasteiger partial charge in [0.2, 0.25) is 5.91 Å². The van der Waals surface area contributed by atoms with Gasteiger partial charge in [-0.15, -0.1) is 0 Å². The number of Topliss-reactive ketones (excluding diaryl/α,β-unsaturated/α-hetero) is 1. The van der Waals surface area contributed by atoms with Crippen LogP contribution in [0.3, 0.4) is 0 Å². The van der Waals surface area contributed by atoms with Crippen LogP contribution in [0.5, 0.6) is 0 Å². The van der Waals surface area contributed by atoms with Gasteiger partial charge in [0.15, 0.2) is 5.78 Å². The van der Waals surface area contributed by atoms with Crippen molar-refractivity contribution < 1.29 is 14.0 Å². The Kier molecular flexibility index (Phi) is 7.67. The Morgan fingerprint density at radius 1 is 1.00 bits per heavy atom. The van der Waals surface area contributed by atoms with Crippen molar-refractivity contribution in [2.45, 2.75) is 39.3 Å². The summed E-state index contributed by atoms with van der Waals surface area (Å²) in [7, 11) is 0. The molecule has 2 atom stereocenters. The van der Waals surface area contributed by atoms with Crippen LogP contribution in [0.15, 0.2) is 54.6 Å². The van der Waals surface area contributed by atoms with Crippen molar-refractivity contribution in [1.82, 2.24) is 10.6 Å². The third-order valence-corrected chi connectivity index (χ3v) is 4.49. The molecule has 0 fully saturated rings. The molecule has 2 rings (SSSR count). The average molecular weight is 370 g/mol. The molecule has 0 bridgehead atoms. The fourth-order valence-electron chi connectivity index (χ4n) is 3.00. The summed E-state index contributed by atoms with van der Waals surface area (Å²) in [6.45, 7) is 5.63. The first-order valence-corrected chi connectivity index (χ1v) is 9.19. The third-order valence-electron chi connectivity index (χ3n) is 4.49. The molecule has 144 valence electrons. The van der Waals surface area contributed by atoms with E-state index < -0.39 is 6.04 Å². The molecule has 2 aromatic rings. The van der Waals surface area contributed by atoms with Crippen LogP contribution in [-0.2, 0) is 16.0 Å². The predicted octanol–water partition coefficient (Wildman–Crippen LogP) is 3.43. The largest absolute Gasteiger partial charge is 0.345 e. The average Bonchev–Trinajstić information content (AvgIpc) is 2.63. The molecule has 0 radical (unpaired) electrons. The summed E-state index contributed by atoms with van der Waals surface area (Å²) in [5.41, 5.74) is 1.92. The highest BCUT2D eigenvalue weighted by molar-refractivity contribution is 5.88. The van der Waals surface area contributed by atoms with E-state index in [1.165, 1.54) is 19.1 Å². The van der Waals surface area contributed by atoms with Crippen molar-refractivity contribution in [3.05, 3.63) is 71.5 Å². The van der Waals surface area contributed by atoms with Crippen LogP contribution >= 0.6 is 0 Å². The van der Waals surface area contributed by atoms with E-state index >= 15 is 0 Å². The molecule has 27 heavy (non-hydrogen) atoms. The lowest BCUT2D eigenvalue weighted by molar-refractivity contribution is -0.126. The number of carbonyl (C=O) groups is 2. The molecule has 0 saturated heterocycles. The maximum absolute atomic E-state index is 13.1. The van der Waals surface area contributed by atoms with Crippen LogP contribution in [0.25, 0.3) is 0 Å². The Balaban J connectivity index is 1.95. The molecule has 0 aromatic heterocycles. The fraction of sp³-hybridized carbons (Fsp3) is 0.364. The first kappa shape index (κ1) is 20.8. The molecule has 0 aliphatic carbocycles. The van der Waals surface area contributed by atoms with Gasteiger partial charge in [0.05, 0.1) is 12.6 Å². The Morgan fingerprint density at radius 2 is 1.63 bits per heavy atom. The quantitative estimate of drug-likeness (QED) is 0.711. The minimum absolute atomic E-state index is 0.0776. The number of carbonyl (C=O) groups excluding carboxylic acids is 2. The minimum Gasteiger partial charge on any atom is -0.345 e. The Hall–Kier alpha value is -2.53. The van der Waals surface area contributed by atoms with Gasteiger partial charge in [-0.05, 0) is 42.5 Å². The second-order valence-electron chi connectivity index (χ2n) is 7.07. The van der Waals surface area contributed by atoms with Gasteiger partial charge in [0.1, 0.15) is 5.82 Å². The molecule has 0 spiro atoms. The van der Waals surface area contributed by atoms with E-state index in [2.05, 4.69) is 10.6 Å². The van der Waals surface area contributed by atoms with Crippen molar-refractivity contribution in [2.75, 3.05) is 6.54 Å². The van der Waals surface area contributed by atoms with E-state index in [0.717, 1.165) is 11.1 Å². The van der Waals surface area contributed by atoms with Crippen LogP contribution in [-0.4, -0.2) is 24.3 Å². The summed E-state index contributed by atoms with van der Waals surface area (Å²) in [6, 6.07) is 15.2. The Labute approximate surface area is 160 Å². The summed E-state index contributed by atoms with van der Waals surface area (Å²) in [5.74, 6) is -0.384. The standard InChI is InChI=1S/C22H27FN2O2/c1-15(2)22(18-9-11-19(23)12-10-18)24-14-21(27)25-20(16(3)26)13-17-7-5-4-6-8-17/h4-12,15,20,22,24H,13-14H2,1-3H3,(H,25,27)/t20-,22-/m0/s1. The van der Waals surface area contributed by atoms with E-state index in [0.29, 0.717) is 6.42 Å². The van der Waals surface area contributed by atoms with Gasteiger partial charge in [-0.2, -0.15) is 0 Å². The molecular weight excluding hydrogens is 343 g/mol. The van der Waals surface area contributed by atoms with Crippen molar-refractivity contribution in [1.29, 1.82) is 0 Å². The maximum atomic E-state index is 13.1. The Morgan fingerprint density at radius 3 is 2.19 bits per heavy atom. The number of rotatable bonds is 9. The normalized spacial score (nSPS) is 13.2. The zero-order valence-corrected chi connectivity index (χ0v) is 16.0. The summed E-state index contributed by atoms with van der Waals surface area (Å²) in [4.78, 5) is 24.3. The van der Waals surface area contributed by atoms with Crippen LogP contribution in [0, 0.1) is 11.7 Å². The van der Waals surface area contributed by atoms with Crippen molar-refractivity contribution in [3.8, 4) is 0 Å². The van der Waals surface area contributed by atoms with Gasteiger partial charge < -0.3 is 10.6 Å². The maximum Gasteiger partial charge on any atom is 0.234 e. The smallest absolute Gasteiger partial charge is 0.234 e. The molecule has 0 unspecified atom stereocenters. The summed E-state index contributed by atoms with van der Waals surface area (Å²) < 4.78 is 13.1. The lowest BCUT2D eigenvalue weighted by Gasteiger charge is -2.23. The fourth-order valence-corrected chi connectivity index (χ4v) is 3.00. The molecule has 0 aliphatic heterocycles. The number of ketones is 1. The SMILES string of the molecule is CC(=O)[C@H](Cc1ccccc1)NC(=O)CN[C@H](c1ccc(F)cc1)C(C)C. The minimum atomic E-state index is -0.551. The second kappa shape index (κ2) is 9.97. The highest BCUT2D eigenvalue weighted by atomic mass is 19.1. The van der Waals surface area contributed by atoms with E-state index in [1.54, 1.807) is 12.1 Å². The first-order valence-electron chi connectivity index (χ1n) is 9.19. The van der Waals surface area contributed by atoms with Crippen LogP contribution < -0.4 is 10.6 Å². The number of hydrogen-bond donors (Lipinski definition) is 2. The number of hydrogen-bond acceptors (Lipinski definition) is 3. The highest BCUT2D eigenvalue weighted by Crippen LogP contribution is 2.21. The van der Waals surface area contributed by atoms with E-state index in [4.69, 9.17) is 0 Å². The number of nitrogens with one attached hydrogen (secondary N) is 2. The molecule has 4 nitrogen and oxygen atoms in total. The van der Waals surface area contributed by atoms with E-state index in [1.807, 2.05) is 44.2 Å². The lowest BCUT2D eigenvalue weighted by Crippen LogP contribution is -2.45. The summed E-state index contributed by atoms with van der Waals surface area (Å²) in [6.07, 6.45) is 0.466. The number of amides is 1. The van der Waals surface area contributed by atoms with Gasteiger partial charge >= 0.3 is 0 Å². The van der Waals surface area contributed by atoms with Crippen molar-refractivity contribution >= 4 is 11.7 Å². The molecule has 5 heteroatoms. The molecule has 2 aromatic carbocycles. The second-order valence-corrected chi connectivity index (χ2v) is 7.07. The van der Waals surface area contributed by atoms with Crippen molar-refractivity contribution in [2.24, 2.45) is 5.92 Å². The molecule has 0 saturated carbocycles. The molecule has 2 N–H and O–H groups in total. The van der Waals surface area contributed by atoms with Gasteiger partial charge in [0, 0.05) is 6.04 Å². The van der Waals surface area contributed by atoms with Gasteiger partial charge in [0.25, 0.3) is 0 Å². The Bertz CT molecular complexity index is 745. The monoisotopic (exact) mass is 370 g/mol. The lowest BCUT2D eigenvalue weighted by atomic mass is 9.96. The van der Waals surface area contributed by atoms with Crippen LogP contribution in [0.4, 0.5) is 4.39 Å². The molecule has 0 heterocycles. The topological polar surface area (TPSA) is 58.2 Å². The van der Waals surface area contributed by atoms with Gasteiger partial charge in [-0.25, -0.2) is 4.39 Å². The third kappa shape index (κ3) is 6.61. The van der Waals surface area contributed by atoms with Crippen LogP contribution in [0.1, 0.15) is 37.9 Å². The van der Waals surface area contributed by atoms with Crippen molar-refractivity contribution in [3.63, 3.8) is 0 Å². The highest BCUT2D eigenvalue weighted by Gasteiger charge is 2.20. The van der Waals surface area contributed by atoms with Gasteiger partial charge in [-0.3, -0.25) is 9.59 Å². The van der Waals surface area contributed by atoms with E-state index in [9.17, 15) is 14.0 Å². The van der Waals surface area contributed by atoms with Crippen LogP contribution in [0.2, 0.25) is 0 Å². The summed E-state index contributed by atoms with van der Waals surface area (Å²) >= 11 is 0. The van der Waals surface area contributed by atoms with E-state index in [-0.39, 0.29) is 36.0 Å². The molecule has 1 amide bonds. The molecular formula is C22H27FN2O2. The predicted molar refractivity (Wildman–Crippen MR) is 105 cm³/mol. The summed E-state index contributed by atoms with van der Waals surface area (Å²) in [5, 5.41) is 6.03. The first-order chi connectivity index (χ1) is 12.9. The number of benzene rings is 2. The zero-order valence-electron chi connectivity index (χ0n) is 16.0. The zero-order chi connectivity index (χ0) is 19.8. The number of halogens is 1. The van der Waals surface area contributed by atoms with Gasteiger partial charge in [-0.1, -0.05) is 56.3 Å².